The minimum absolute atomic E-state index is 0.0692. The number of furan rings is 1. The molecule has 0 bridgehead atoms. The van der Waals surface area contributed by atoms with Crippen LogP contribution in [0.3, 0.4) is 0 Å². The number of halogens is 1. The van der Waals surface area contributed by atoms with Crippen molar-refractivity contribution in [1.29, 1.82) is 0 Å². The highest BCUT2D eigenvalue weighted by Crippen LogP contribution is 2.33. The maximum atomic E-state index is 11.2. The van der Waals surface area contributed by atoms with E-state index < -0.39 is 4.92 Å². The summed E-state index contributed by atoms with van der Waals surface area (Å²) in [6.07, 6.45) is 5.50. The molecule has 2 heterocycles. The quantitative estimate of drug-likeness (QED) is 0.473. The van der Waals surface area contributed by atoms with Gasteiger partial charge in [-0.1, -0.05) is 18.5 Å². The van der Waals surface area contributed by atoms with Crippen LogP contribution in [0.15, 0.2) is 53.5 Å². The van der Waals surface area contributed by atoms with Gasteiger partial charge >= 0.3 is 0 Å². The van der Waals surface area contributed by atoms with Crippen molar-refractivity contribution in [1.82, 2.24) is 14.9 Å². The molecule has 0 fully saturated rings. The number of imidazole rings is 1. The molecule has 0 aliphatic heterocycles. The standard InChI is InChI=1S/C18H19ClN4O3/c1-13(11-22-7-6-20-12-22)9-21-10-15-3-5-18(26-15)16-4-2-14(19)8-17(16)23(24)25/h2-8,12-13,21H,9-11H2,1H3. The van der Waals surface area contributed by atoms with Crippen LogP contribution in [-0.4, -0.2) is 21.0 Å². The summed E-state index contributed by atoms with van der Waals surface area (Å²) in [4.78, 5) is 14.8. The second-order valence-electron chi connectivity index (χ2n) is 6.18. The highest BCUT2D eigenvalue weighted by Gasteiger charge is 2.18. The van der Waals surface area contributed by atoms with Crippen LogP contribution >= 0.6 is 11.6 Å². The van der Waals surface area contributed by atoms with Crippen LogP contribution in [0, 0.1) is 16.0 Å². The maximum Gasteiger partial charge on any atom is 0.281 e. The molecule has 0 aliphatic rings. The van der Waals surface area contributed by atoms with Gasteiger partial charge in [-0.05, 0) is 36.7 Å². The van der Waals surface area contributed by atoms with Crippen LogP contribution in [-0.2, 0) is 13.1 Å². The zero-order chi connectivity index (χ0) is 18.5. The lowest BCUT2D eigenvalue weighted by molar-refractivity contribution is -0.384. The van der Waals surface area contributed by atoms with Crippen LogP contribution in [0.1, 0.15) is 12.7 Å². The average molecular weight is 375 g/mol. The molecule has 0 saturated heterocycles. The first-order valence-electron chi connectivity index (χ1n) is 8.22. The summed E-state index contributed by atoms with van der Waals surface area (Å²) >= 11 is 5.85. The van der Waals surface area contributed by atoms with Crippen molar-refractivity contribution < 1.29 is 9.34 Å². The Hall–Kier alpha value is -2.64. The summed E-state index contributed by atoms with van der Waals surface area (Å²) in [6.45, 7) is 4.40. The molecule has 3 rings (SSSR count). The molecule has 136 valence electrons. The van der Waals surface area contributed by atoms with E-state index in [4.69, 9.17) is 16.0 Å². The SMILES string of the molecule is CC(CNCc1ccc(-c2ccc(Cl)cc2[N+](=O)[O-])o1)Cn1ccnc1. The molecule has 1 atom stereocenters. The number of nitro benzene ring substituents is 1. The molecule has 26 heavy (non-hydrogen) atoms. The highest BCUT2D eigenvalue weighted by atomic mass is 35.5. The van der Waals surface area contributed by atoms with Gasteiger partial charge in [0.1, 0.15) is 11.5 Å². The number of benzene rings is 1. The van der Waals surface area contributed by atoms with E-state index in [1.165, 1.54) is 6.07 Å². The monoisotopic (exact) mass is 374 g/mol. The van der Waals surface area contributed by atoms with Crippen molar-refractivity contribution in [2.45, 2.75) is 20.0 Å². The number of rotatable bonds is 8. The van der Waals surface area contributed by atoms with E-state index in [0.717, 1.165) is 18.8 Å². The minimum atomic E-state index is -0.459. The zero-order valence-corrected chi connectivity index (χ0v) is 15.0. The molecule has 1 unspecified atom stereocenters. The summed E-state index contributed by atoms with van der Waals surface area (Å²) in [5, 5.41) is 14.9. The lowest BCUT2D eigenvalue weighted by atomic mass is 10.1. The van der Waals surface area contributed by atoms with Gasteiger partial charge in [-0.3, -0.25) is 10.1 Å². The van der Waals surface area contributed by atoms with Crippen molar-refractivity contribution in [3.63, 3.8) is 0 Å². The summed E-state index contributed by atoms with van der Waals surface area (Å²) in [6, 6.07) is 8.10. The number of hydrogen-bond donors (Lipinski definition) is 1. The van der Waals surface area contributed by atoms with Crippen molar-refractivity contribution in [3.8, 4) is 11.3 Å². The van der Waals surface area contributed by atoms with Gasteiger partial charge in [0.05, 0.1) is 23.4 Å². The van der Waals surface area contributed by atoms with Crippen molar-refractivity contribution in [2.24, 2.45) is 5.92 Å². The van der Waals surface area contributed by atoms with E-state index in [1.807, 2.05) is 16.8 Å². The molecule has 0 radical (unpaired) electrons. The molecule has 2 aromatic heterocycles. The van der Waals surface area contributed by atoms with Crippen LogP contribution < -0.4 is 5.32 Å². The van der Waals surface area contributed by atoms with Crippen molar-refractivity contribution >= 4 is 17.3 Å². The fraction of sp³-hybridized carbons (Fsp3) is 0.278. The summed E-state index contributed by atoms with van der Waals surface area (Å²) in [5.41, 5.74) is 0.347. The van der Waals surface area contributed by atoms with Gasteiger partial charge < -0.3 is 14.3 Å². The Balaban J connectivity index is 1.59. The number of hydrogen-bond acceptors (Lipinski definition) is 5. The van der Waals surface area contributed by atoms with Crippen LogP contribution in [0.2, 0.25) is 5.02 Å². The molecule has 0 spiro atoms. The largest absolute Gasteiger partial charge is 0.459 e. The Morgan fingerprint density at radius 2 is 2.23 bits per heavy atom. The van der Waals surface area contributed by atoms with Crippen molar-refractivity contribution in [2.75, 3.05) is 6.54 Å². The third-order valence-electron chi connectivity index (χ3n) is 3.96. The lowest BCUT2D eigenvalue weighted by Gasteiger charge is -2.12. The molecular formula is C18H19ClN4O3. The normalized spacial score (nSPS) is 12.2. The zero-order valence-electron chi connectivity index (χ0n) is 14.3. The van der Waals surface area contributed by atoms with Gasteiger partial charge in [0.15, 0.2) is 0 Å². The number of nitrogens with zero attached hydrogens (tertiary/aromatic N) is 3. The first-order chi connectivity index (χ1) is 12.5. The van der Waals surface area contributed by atoms with Gasteiger partial charge in [0.25, 0.3) is 5.69 Å². The molecule has 1 aromatic carbocycles. The van der Waals surface area contributed by atoms with Crippen LogP contribution in [0.4, 0.5) is 5.69 Å². The first kappa shape index (κ1) is 18.2. The molecule has 8 heteroatoms. The minimum Gasteiger partial charge on any atom is -0.459 e. The number of nitro groups is 1. The van der Waals surface area contributed by atoms with E-state index in [1.54, 1.807) is 30.7 Å². The molecule has 0 amide bonds. The van der Waals surface area contributed by atoms with E-state index >= 15 is 0 Å². The number of nitrogens with one attached hydrogen (secondary N) is 1. The molecule has 0 saturated carbocycles. The van der Waals surface area contributed by atoms with Gasteiger partial charge in [0, 0.05) is 30.0 Å². The summed E-state index contributed by atoms with van der Waals surface area (Å²) in [7, 11) is 0. The van der Waals surface area contributed by atoms with E-state index in [2.05, 4.69) is 17.2 Å². The third-order valence-corrected chi connectivity index (χ3v) is 4.19. The molecule has 0 aliphatic carbocycles. The maximum absolute atomic E-state index is 11.2. The summed E-state index contributed by atoms with van der Waals surface area (Å²) in [5.74, 6) is 1.60. The van der Waals surface area contributed by atoms with Gasteiger partial charge in [-0.25, -0.2) is 4.98 Å². The van der Waals surface area contributed by atoms with E-state index in [0.29, 0.717) is 28.8 Å². The second kappa shape index (κ2) is 8.16. The second-order valence-corrected chi connectivity index (χ2v) is 6.62. The highest BCUT2D eigenvalue weighted by molar-refractivity contribution is 6.30. The Morgan fingerprint density at radius 3 is 2.96 bits per heavy atom. The fourth-order valence-electron chi connectivity index (χ4n) is 2.74. The van der Waals surface area contributed by atoms with Crippen molar-refractivity contribution in [3.05, 3.63) is 70.0 Å². The number of aromatic nitrogens is 2. The average Bonchev–Trinajstić information content (AvgIpc) is 3.26. The fourth-order valence-corrected chi connectivity index (χ4v) is 2.91. The predicted octanol–water partition coefficient (Wildman–Crippen LogP) is 4.13. The van der Waals surface area contributed by atoms with Crippen LogP contribution in [0.5, 0.6) is 0 Å². The van der Waals surface area contributed by atoms with E-state index in [9.17, 15) is 10.1 Å². The smallest absolute Gasteiger partial charge is 0.281 e. The third kappa shape index (κ3) is 4.50. The molecule has 3 aromatic rings. The van der Waals surface area contributed by atoms with E-state index in [-0.39, 0.29) is 5.69 Å². The Kier molecular flexibility index (Phi) is 5.70. The van der Waals surface area contributed by atoms with Gasteiger partial charge in [-0.15, -0.1) is 0 Å². The van der Waals surface area contributed by atoms with Gasteiger partial charge in [0.2, 0.25) is 0 Å². The van der Waals surface area contributed by atoms with Crippen LogP contribution in [0.25, 0.3) is 11.3 Å². The molecular weight excluding hydrogens is 356 g/mol. The lowest BCUT2D eigenvalue weighted by Crippen LogP contribution is -2.23. The molecule has 1 N–H and O–H groups in total. The Labute approximate surface area is 155 Å². The van der Waals surface area contributed by atoms with Gasteiger partial charge in [-0.2, -0.15) is 0 Å². The summed E-state index contributed by atoms with van der Waals surface area (Å²) < 4.78 is 7.80. The molecule has 7 nitrogen and oxygen atoms in total. The Morgan fingerprint density at radius 1 is 1.38 bits per heavy atom. The topological polar surface area (TPSA) is 86.1 Å². The Bertz CT molecular complexity index is 876. The first-order valence-corrected chi connectivity index (χ1v) is 8.60. The predicted molar refractivity (Wildman–Crippen MR) is 98.9 cm³/mol.